The van der Waals surface area contributed by atoms with E-state index in [1.165, 1.54) is 0 Å². The smallest absolute Gasteiger partial charge is 0.262 e. The molecule has 0 saturated heterocycles. The number of anilines is 1. The highest BCUT2D eigenvalue weighted by molar-refractivity contribution is 9.11. The molecule has 0 saturated carbocycles. The summed E-state index contributed by atoms with van der Waals surface area (Å²) in [6.07, 6.45) is 0. The van der Waals surface area contributed by atoms with Crippen LogP contribution in [-0.4, -0.2) is 26.7 Å². The maximum Gasteiger partial charge on any atom is 0.262 e. The van der Waals surface area contributed by atoms with Crippen LogP contribution in [0.15, 0.2) is 39.3 Å². The maximum atomic E-state index is 12.1. The van der Waals surface area contributed by atoms with E-state index in [0.29, 0.717) is 22.9 Å². The summed E-state index contributed by atoms with van der Waals surface area (Å²) in [5.74, 6) is 1.48. The van der Waals surface area contributed by atoms with Crippen LogP contribution in [0.3, 0.4) is 0 Å². The number of carbonyl (C=O) groups is 1. The fourth-order valence-corrected chi connectivity index (χ4v) is 3.68. The Hall–Kier alpha value is -1.73. The van der Waals surface area contributed by atoms with Crippen LogP contribution in [0, 0.1) is 6.92 Å². The van der Waals surface area contributed by atoms with E-state index in [0.717, 1.165) is 14.5 Å². The Morgan fingerprint density at radius 2 is 1.54 bits per heavy atom. The van der Waals surface area contributed by atoms with E-state index in [-0.39, 0.29) is 12.5 Å². The highest BCUT2D eigenvalue weighted by Crippen LogP contribution is 2.34. The van der Waals surface area contributed by atoms with Gasteiger partial charge >= 0.3 is 0 Å². The van der Waals surface area contributed by atoms with Gasteiger partial charge in [0.2, 0.25) is 0 Å². The van der Waals surface area contributed by atoms with Gasteiger partial charge < -0.3 is 19.5 Å². The lowest BCUT2D eigenvalue weighted by Gasteiger charge is -2.12. The summed E-state index contributed by atoms with van der Waals surface area (Å²) < 4.78 is 17.5. The monoisotopic (exact) mass is 457 g/mol. The molecule has 0 heterocycles. The predicted molar refractivity (Wildman–Crippen MR) is 100 cm³/mol. The summed E-state index contributed by atoms with van der Waals surface area (Å²) in [5.41, 5.74) is 1.65. The Morgan fingerprint density at radius 1 is 1.00 bits per heavy atom. The van der Waals surface area contributed by atoms with E-state index in [4.69, 9.17) is 14.2 Å². The van der Waals surface area contributed by atoms with Crippen LogP contribution < -0.4 is 19.5 Å². The zero-order valence-corrected chi connectivity index (χ0v) is 16.7. The average molecular weight is 459 g/mol. The van der Waals surface area contributed by atoms with Crippen LogP contribution in [-0.2, 0) is 4.79 Å². The lowest BCUT2D eigenvalue weighted by Crippen LogP contribution is -2.20. The number of amides is 1. The summed E-state index contributed by atoms with van der Waals surface area (Å²) in [7, 11) is 3.10. The minimum Gasteiger partial charge on any atom is -0.497 e. The summed E-state index contributed by atoms with van der Waals surface area (Å²) in [5, 5.41) is 2.76. The molecule has 5 nitrogen and oxygen atoms in total. The zero-order chi connectivity index (χ0) is 17.7. The maximum absolute atomic E-state index is 12.1. The van der Waals surface area contributed by atoms with Crippen LogP contribution in [0.4, 0.5) is 5.69 Å². The minimum absolute atomic E-state index is 0.125. The third-order valence-corrected chi connectivity index (χ3v) is 4.30. The fraction of sp³-hybridized carbons (Fsp3) is 0.235. The highest BCUT2D eigenvalue weighted by atomic mass is 79.9. The lowest BCUT2D eigenvalue weighted by molar-refractivity contribution is -0.118. The van der Waals surface area contributed by atoms with Crippen molar-refractivity contribution in [2.75, 3.05) is 26.1 Å². The van der Waals surface area contributed by atoms with Crippen LogP contribution in [0.25, 0.3) is 0 Å². The van der Waals surface area contributed by atoms with Crippen molar-refractivity contribution in [1.29, 1.82) is 0 Å². The molecule has 0 bridgehead atoms. The normalized spacial score (nSPS) is 10.2. The van der Waals surface area contributed by atoms with E-state index in [9.17, 15) is 4.79 Å². The van der Waals surface area contributed by atoms with Crippen LogP contribution in [0.5, 0.6) is 17.2 Å². The van der Waals surface area contributed by atoms with Gasteiger partial charge in [-0.1, -0.05) is 0 Å². The quantitative estimate of drug-likeness (QED) is 0.689. The molecule has 0 unspecified atom stereocenters. The number of hydrogen-bond acceptors (Lipinski definition) is 4. The first kappa shape index (κ1) is 18.6. The van der Waals surface area contributed by atoms with Gasteiger partial charge in [-0.2, -0.15) is 0 Å². The second-order valence-corrected chi connectivity index (χ2v) is 6.70. The number of aryl methyl sites for hydroxylation is 1. The number of methoxy groups -OCH3 is 2. The highest BCUT2D eigenvalue weighted by Gasteiger charge is 2.11. The summed E-state index contributed by atoms with van der Waals surface area (Å²) in [6, 6.07) is 8.98. The number of hydrogen-bond donors (Lipinski definition) is 1. The minimum atomic E-state index is -0.287. The Labute approximate surface area is 157 Å². The molecular formula is C17H17Br2NO4. The molecule has 24 heavy (non-hydrogen) atoms. The molecule has 1 amide bonds. The standard InChI is InChI=1S/C17H17Br2NO4/c1-10-4-14(18)17(15(19)5-10)24-9-16(21)20-11-6-12(22-2)8-13(7-11)23-3/h4-8H,9H2,1-3H3,(H,20,21). The van der Waals surface area contributed by atoms with E-state index in [1.807, 2.05) is 19.1 Å². The first-order valence-electron chi connectivity index (χ1n) is 7.04. The first-order chi connectivity index (χ1) is 11.4. The van der Waals surface area contributed by atoms with Crippen molar-refractivity contribution >= 4 is 43.5 Å². The Bertz CT molecular complexity index is 704. The van der Waals surface area contributed by atoms with Gasteiger partial charge in [0, 0.05) is 23.9 Å². The Balaban J connectivity index is 2.04. The van der Waals surface area contributed by atoms with Crippen LogP contribution in [0.1, 0.15) is 5.56 Å². The van der Waals surface area contributed by atoms with Crippen LogP contribution in [0.2, 0.25) is 0 Å². The third-order valence-electron chi connectivity index (χ3n) is 3.13. The number of halogens is 2. The number of benzene rings is 2. The molecule has 7 heteroatoms. The molecule has 0 atom stereocenters. The molecule has 0 aliphatic carbocycles. The van der Waals surface area contributed by atoms with Crippen LogP contribution >= 0.6 is 31.9 Å². The van der Waals surface area contributed by atoms with Crippen molar-refractivity contribution in [3.05, 3.63) is 44.8 Å². The molecule has 2 aromatic rings. The molecule has 0 aliphatic rings. The van der Waals surface area contributed by atoms with Gasteiger partial charge in [-0.05, 0) is 56.5 Å². The molecule has 2 aromatic carbocycles. The largest absolute Gasteiger partial charge is 0.497 e. The number of carbonyl (C=O) groups excluding carboxylic acids is 1. The van der Waals surface area contributed by atoms with E-state index in [2.05, 4.69) is 37.2 Å². The van der Waals surface area contributed by atoms with Gasteiger partial charge in [0.25, 0.3) is 5.91 Å². The van der Waals surface area contributed by atoms with E-state index in [1.54, 1.807) is 32.4 Å². The molecule has 0 fully saturated rings. The molecule has 128 valence electrons. The predicted octanol–water partition coefficient (Wildman–Crippen LogP) is 4.55. The molecule has 0 aliphatic heterocycles. The van der Waals surface area contributed by atoms with Crippen molar-refractivity contribution in [1.82, 2.24) is 0 Å². The van der Waals surface area contributed by atoms with Gasteiger partial charge in [-0.3, -0.25) is 4.79 Å². The molecule has 1 N–H and O–H groups in total. The van der Waals surface area contributed by atoms with Gasteiger partial charge in [0.15, 0.2) is 6.61 Å². The number of nitrogens with one attached hydrogen (secondary N) is 1. The Kier molecular flexibility index (Phi) is 6.51. The molecule has 2 rings (SSSR count). The molecular weight excluding hydrogens is 442 g/mol. The summed E-state index contributed by atoms with van der Waals surface area (Å²) in [6.45, 7) is 1.85. The van der Waals surface area contributed by atoms with E-state index >= 15 is 0 Å². The summed E-state index contributed by atoms with van der Waals surface area (Å²) >= 11 is 6.87. The summed E-state index contributed by atoms with van der Waals surface area (Å²) in [4.78, 5) is 12.1. The van der Waals surface area contributed by atoms with E-state index < -0.39 is 0 Å². The van der Waals surface area contributed by atoms with Gasteiger partial charge in [0.05, 0.1) is 23.2 Å². The Morgan fingerprint density at radius 3 is 2.04 bits per heavy atom. The second kappa shape index (κ2) is 8.39. The first-order valence-corrected chi connectivity index (χ1v) is 8.63. The number of ether oxygens (including phenoxy) is 3. The molecule has 0 radical (unpaired) electrons. The van der Waals surface area contributed by atoms with Crippen molar-refractivity contribution in [2.45, 2.75) is 6.92 Å². The topological polar surface area (TPSA) is 56.8 Å². The molecule has 0 aromatic heterocycles. The average Bonchev–Trinajstić information content (AvgIpc) is 2.53. The van der Waals surface area contributed by atoms with Gasteiger partial charge in [0.1, 0.15) is 17.2 Å². The van der Waals surface area contributed by atoms with Gasteiger partial charge in [-0.25, -0.2) is 0 Å². The van der Waals surface area contributed by atoms with Crippen molar-refractivity contribution in [2.24, 2.45) is 0 Å². The van der Waals surface area contributed by atoms with Crippen molar-refractivity contribution in [3.8, 4) is 17.2 Å². The van der Waals surface area contributed by atoms with Crippen molar-refractivity contribution < 1.29 is 19.0 Å². The third kappa shape index (κ3) is 4.88. The number of rotatable bonds is 6. The molecule has 0 spiro atoms. The van der Waals surface area contributed by atoms with Crippen molar-refractivity contribution in [3.63, 3.8) is 0 Å². The second-order valence-electron chi connectivity index (χ2n) is 5.00. The SMILES string of the molecule is COc1cc(NC(=O)COc2c(Br)cc(C)cc2Br)cc(OC)c1. The zero-order valence-electron chi connectivity index (χ0n) is 13.5. The van der Waals surface area contributed by atoms with Gasteiger partial charge in [-0.15, -0.1) is 0 Å². The lowest BCUT2D eigenvalue weighted by atomic mass is 10.2. The fourth-order valence-electron chi connectivity index (χ4n) is 2.04.